The molecule has 1 heterocycles. The number of allylic oxidation sites excluding steroid dienone is 4. The van der Waals surface area contributed by atoms with E-state index in [0.29, 0.717) is 0 Å². The van der Waals surface area contributed by atoms with Gasteiger partial charge < -0.3 is 4.57 Å². The van der Waals surface area contributed by atoms with Gasteiger partial charge in [-0.15, -0.1) is 0 Å². The molecule has 0 unspecified atom stereocenters. The number of rotatable bonds is 2. The van der Waals surface area contributed by atoms with Crippen LogP contribution >= 0.6 is 0 Å². The first kappa shape index (κ1) is 15.3. The van der Waals surface area contributed by atoms with Crippen LogP contribution in [0, 0.1) is 0 Å². The van der Waals surface area contributed by atoms with Crippen LogP contribution in [-0.4, -0.2) is 12.4 Å². The predicted octanol–water partition coefficient (Wildman–Crippen LogP) is 5.45. The van der Waals surface area contributed by atoms with E-state index in [2.05, 4.69) is 71.3 Å². The topological polar surface area (TPSA) is 4.93 Å². The number of hydrogen-bond donors (Lipinski definition) is 0. The van der Waals surface area contributed by atoms with E-state index in [1.807, 2.05) is 18.2 Å². The Labute approximate surface area is 154 Å². The number of aromatic nitrogens is 1. The van der Waals surface area contributed by atoms with Gasteiger partial charge in [-0.05, 0) is 42.2 Å². The summed E-state index contributed by atoms with van der Waals surface area (Å²) in [7, 11) is 5.99. The molecule has 0 atom stereocenters. The third kappa shape index (κ3) is 2.41. The molecular formula is C24H18BN. The minimum Gasteiger partial charge on any atom is -0.310 e. The van der Waals surface area contributed by atoms with Crippen LogP contribution in [0.15, 0.2) is 85.0 Å². The van der Waals surface area contributed by atoms with Gasteiger partial charge in [-0.2, -0.15) is 0 Å². The molecule has 3 aromatic carbocycles. The van der Waals surface area contributed by atoms with Crippen molar-refractivity contribution < 1.29 is 0 Å². The van der Waals surface area contributed by atoms with Crippen molar-refractivity contribution >= 4 is 40.8 Å². The van der Waals surface area contributed by atoms with Crippen molar-refractivity contribution in [2.75, 3.05) is 0 Å². The molecule has 1 aromatic heterocycles. The van der Waals surface area contributed by atoms with Crippen LogP contribution in [0.25, 0.3) is 38.6 Å². The predicted molar refractivity (Wildman–Crippen MR) is 113 cm³/mol. The van der Waals surface area contributed by atoms with E-state index in [-0.39, 0.29) is 0 Å². The highest BCUT2D eigenvalue weighted by Gasteiger charge is 2.14. The molecule has 0 saturated carbocycles. The lowest BCUT2D eigenvalue weighted by atomic mass is 9.92. The highest BCUT2D eigenvalue weighted by atomic mass is 15.0. The second kappa shape index (κ2) is 6.07. The molecule has 0 spiro atoms. The monoisotopic (exact) mass is 331 g/mol. The summed E-state index contributed by atoms with van der Waals surface area (Å²) < 4.78 is 2.39. The SMILES string of the molecule is [B]c1cccc(-c2ccc3c4ccccc4n(C4=CCCC=C4)c3c2)c1. The fourth-order valence-corrected chi connectivity index (χ4v) is 3.91. The number of para-hydroxylation sites is 1. The number of nitrogens with zero attached hydrogens (tertiary/aromatic N) is 1. The van der Waals surface area contributed by atoms with Gasteiger partial charge >= 0.3 is 0 Å². The first-order chi connectivity index (χ1) is 12.8. The van der Waals surface area contributed by atoms with Gasteiger partial charge in [-0.1, -0.05) is 72.2 Å². The van der Waals surface area contributed by atoms with Crippen LogP contribution in [0.1, 0.15) is 12.8 Å². The molecule has 2 heteroatoms. The Hall–Kier alpha value is -3.00. The maximum atomic E-state index is 5.99. The van der Waals surface area contributed by atoms with Crippen LogP contribution in [0.3, 0.4) is 0 Å². The van der Waals surface area contributed by atoms with Crippen molar-refractivity contribution in [3.63, 3.8) is 0 Å². The molecule has 0 fully saturated rings. The zero-order valence-electron chi connectivity index (χ0n) is 14.5. The average molecular weight is 331 g/mol. The third-order valence-electron chi connectivity index (χ3n) is 5.13. The molecule has 1 aliphatic rings. The smallest absolute Gasteiger partial charge is 0.113 e. The molecule has 2 radical (unpaired) electrons. The Morgan fingerprint density at radius 2 is 1.58 bits per heavy atom. The summed E-state index contributed by atoms with van der Waals surface area (Å²) >= 11 is 0. The van der Waals surface area contributed by atoms with Crippen LogP contribution in [-0.2, 0) is 0 Å². The van der Waals surface area contributed by atoms with Crippen LogP contribution < -0.4 is 5.46 Å². The maximum Gasteiger partial charge on any atom is 0.113 e. The van der Waals surface area contributed by atoms with E-state index >= 15 is 0 Å². The summed E-state index contributed by atoms with van der Waals surface area (Å²) in [6.07, 6.45) is 9.04. The van der Waals surface area contributed by atoms with Gasteiger partial charge in [0, 0.05) is 16.5 Å². The lowest BCUT2D eigenvalue weighted by Crippen LogP contribution is -2.00. The highest BCUT2D eigenvalue weighted by Crippen LogP contribution is 2.35. The summed E-state index contributed by atoms with van der Waals surface area (Å²) in [5.41, 5.74) is 6.88. The lowest BCUT2D eigenvalue weighted by Gasteiger charge is -2.12. The van der Waals surface area contributed by atoms with Crippen molar-refractivity contribution in [1.29, 1.82) is 0 Å². The fourth-order valence-electron chi connectivity index (χ4n) is 3.91. The Morgan fingerprint density at radius 1 is 0.731 bits per heavy atom. The Kier molecular flexibility index (Phi) is 3.56. The maximum absolute atomic E-state index is 5.99. The first-order valence-corrected chi connectivity index (χ1v) is 9.07. The zero-order chi connectivity index (χ0) is 17.5. The van der Waals surface area contributed by atoms with E-state index in [4.69, 9.17) is 7.85 Å². The molecule has 0 saturated heterocycles. The molecule has 4 aromatic rings. The standard InChI is InChI=1S/C24H18BN/c25-19-8-6-7-17(15-19)18-13-14-22-21-11-4-5-12-23(21)26(24(22)16-18)20-9-2-1-3-10-20/h2,4-16H,1,3H2. The third-order valence-corrected chi connectivity index (χ3v) is 5.13. The van der Waals surface area contributed by atoms with E-state index in [0.717, 1.165) is 23.9 Å². The number of benzene rings is 3. The molecule has 1 aliphatic carbocycles. The second-order valence-corrected chi connectivity index (χ2v) is 6.82. The van der Waals surface area contributed by atoms with E-state index in [1.54, 1.807) is 0 Å². The summed E-state index contributed by atoms with van der Waals surface area (Å²) in [6.45, 7) is 0. The molecule has 26 heavy (non-hydrogen) atoms. The first-order valence-electron chi connectivity index (χ1n) is 9.07. The Bertz CT molecular complexity index is 1190. The molecule has 0 amide bonds. The summed E-state index contributed by atoms with van der Waals surface area (Å²) in [4.78, 5) is 0. The zero-order valence-corrected chi connectivity index (χ0v) is 14.5. The summed E-state index contributed by atoms with van der Waals surface area (Å²) in [5, 5.41) is 2.58. The largest absolute Gasteiger partial charge is 0.310 e. The number of fused-ring (bicyclic) bond motifs is 3. The summed E-state index contributed by atoms with van der Waals surface area (Å²) in [6, 6.07) is 23.4. The Balaban J connectivity index is 1.83. The minimum atomic E-state index is 0.793. The van der Waals surface area contributed by atoms with E-state index in [1.165, 1.54) is 33.1 Å². The van der Waals surface area contributed by atoms with Crippen LogP contribution in [0.2, 0.25) is 0 Å². The number of hydrogen-bond acceptors (Lipinski definition) is 0. The Morgan fingerprint density at radius 3 is 2.42 bits per heavy atom. The van der Waals surface area contributed by atoms with E-state index in [9.17, 15) is 0 Å². The van der Waals surface area contributed by atoms with Gasteiger partial charge in [0.05, 0.1) is 11.0 Å². The molecule has 122 valence electrons. The van der Waals surface area contributed by atoms with Gasteiger partial charge in [-0.25, -0.2) is 0 Å². The molecule has 0 N–H and O–H groups in total. The van der Waals surface area contributed by atoms with Crippen molar-refractivity contribution in [3.05, 3.63) is 85.0 Å². The lowest BCUT2D eigenvalue weighted by molar-refractivity contribution is 1.02. The summed E-state index contributed by atoms with van der Waals surface area (Å²) in [5.74, 6) is 0. The van der Waals surface area contributed by atoms with Gasteiger partial charge in [0.25, 0.3) is 0 Å². The minimum absolute atomic E-state index is 0.793. The van der Waals surface area contributed by atoms with Crippen molar-refractivity contribution in [1.82, 2.24) is 4.57 Å². The molecule has 0 bridgehead atoms. The van der Waals surface area contributed by atoms with Gasteiger partial charge in [0.2, 0.25) is 0 Å². The van der Waals surface area contributed by atoms with Gasteiger partial charge in [0.1, 0.15) is 7.85 Å². The molecule has 1 nitrogen and oxygen atoms in total. The molecule has 0 aliphatic heterocycles. The van der Waals surface area contributed by atoms with E-state index < -0.39 is 0 Å². The average Bonchev–Trinajstić information content (AvgIpc) is 3.02. The fraction of sp³-hybridized carbons (Fsp3) is 0.0833. The van der Waals surface area contributed by atoms with Gasteiger partial charge in [-0.3, -0.25) is 0 Å². The van der Waals surface area contributed by atoms with Crippen molar-refractivity contribution in [3.8, 4) is 11.1 Å². The van der Waals surface area contributed by atoms with Crippen LogP contribution in [0.5, 0.6) is 0 Å². The van der Waals surface area contributed by atoms with Crippen molar-refractivity contribution in [2.45, 2.75) is 12.8 Å². The second-order valence-electron chi connectivity index (χ2n) is 6.82. The van der Waals surface area contributed by atoms with Gasteiger partial charge in [0.15, 0.2) is 0 Å². The highest BCUT2D eigenvalue weighted by molar-refractivity contribution is 6.32. The van der Waals surface area contributed by atoms with Crippen LogP contribution in [0.4, 0.5) is 0 Å². The molecule has 5 rings (SSSR count). The molecular weight excluding hydrogens is 313 g/mol. The normalized spacial score (nSPS) is 14.1. The quantitative estimate of drug-likeness (QED) is 0.431. The van der Waals surface area contributed by atoms with Crippen molar-refractivity contribution in [2.24, 2.45) is 0 Å².